The number of primary amides is 1. The highest BCUT2D eigenvalue weighted by Gasteiger charge is 2.16. The topological polar surface area (TPSA) is 87.6 Å². The molecule has 27 heavy (non-hydrogen) atoms. The maximum Gasteiger partial charge on any atom is 0.250 e. The first-order valence-electron chi connectivity index (χ1n) is 9.53. The van der Waals surface area contributed by atoms with Crippen LogP contribution in [0.4, 0.5) is 11.4 Å². The molecule has 1 heterocycles. The number of hydrogen-bond acceptors (Lipinski definition) is 5. The molecule has 0 aromatic heterocycles. The standard InChI is InChI=1S/C21H29N5O/c22-18-7-5-17(6-8-18)9-11-25-13-15-26(16-14-25)12-10-24-20-4-2-1-3-19(20)21(23)27/h1-8,24H,9-16,22H2,(H2,23,27). The molecule has 2 aromatic rings. The number of rotatable bonds is 8. The van der Waals surface area contributed by atoms with Crippen molar-refractivity contribution in [3.8, 4) is 0 Å². The molecule has 1 fully saturated rings. The van der Waals surface area contributed by atoms with Crippen LogP contribution in [0.3, 0.4) is 0 Å². The van der Waals surface area contributed by atoms with Crippen molar-refractivity contribution >= 4 is 17.3 Å². The van der Waals surface area contributed by atoms with Gasteiger partial charge in [-0.05, 0) is 36.2 Å². The second-order valence-corrected chi connectivity index (χ2v) is 7.01. The average Bonchev–Trinajstić information content (AvgIpc) is 2.69. The van der Waals surface area contributed by atoms with Gasteiger partial charge >= 0.3 is 0 Å². The smallest absolute Gasteiger partial charge is 0.250 e. The van der Waals surface area contributed by atoms with Gasteiger partial charge in [-0.25, -0.2) is 0 Å². The lowest BCUT2D eigenvalue weighted by Crippen LogP contribution is -2.48. The molecule has 0 saturated carbocycles. The van der Waals surface area contributed by atoms with Crippen molar-refractivity contribution in [3.63, 3.8) is 0 Å². The Balaban J connectivity index is 1.36. The molecule has 3 rings (SSSR count). The van der Waals surface area contributed by atoms with Crippen LogP contribution in [0.25, 0.3) is 0 Å². The lowest BCUT2D eigenvalue weighted by molar-refractivity contribution is 0.100. The van der Waals surface area contributed by atoms with Gasteiger partial charge in [0.25, 0.3) is 5.91 Å². The fourth-order valence-electron chi connectivity index (χ4n) is 3.41. The monoisotopic (exact) mass is 367 g/mol. The number of nitrogens with zero attached hydrogens (tertiary/aromatic N) is 2. The number of nitrogen functional groups attached to an aromatic ring is 1. The van der Waals surface area contributed by atoms with Crippen molar-refractivity contribution in [1.29, 1.82) is 0 Å². The van der Waals surface area contributed by atoms with E-state index in [1.807, 2.05) is 30.3 Å². The van der Waals surface area contributed by atoms with Crippen LogP contribution < -0.4 is 16.8 Å². The van der Waals surface area contributed by atoms with Crippen LogP contribution in [0.1, 0.15) is 15.9 Å². The van der Waals surface area contributed by atoms with Crippen molar-refractivity contribution in [2.75, 3.05) is 56.9 Å². The Hall–Kier alpha value is -2.57. The second kappa shape index (κ2) is 9.39. The molecule has 0 spiro atoms. The molecule has 0 atom stereocenters. The Bertz CT molecular complexity index is 738. The van der Waals surface area contributed by atoms with Gasteiger partial charge in [0.2, 0.25) is 0 Å². The number of nitrogens with two attached hydrogens (primary N) is 2. The Kier molecular flexibility index (Phi) is 6.68. The van der Waals surface area contributed by atoms with Crippen LogP contribution in [-0.2, 0) is 6.42 Å². The van der Waals surface area contributed by atoms with Crippen LogP contribution >= 0.6 is 0 Å². The minimum absolute atomic E-state index is 0.396. The van der Waals surface area contributed by atoms with Gasteiger partial charge in [-0.2, -0.15) is 0 Å². The van der Waals surface area contributed by atoms with E-state index in [4.69, 9.17) is 11.5 Å². The van der Waals surface area contributed by atoms with E-state index in [0.29, 0.717) is 5.56 Å². The van der Waals surface area contributed by atoms with E-state index < -0.39 is 5.91 Å². The van der Waals surface area contributed by atoms with Crippen LogP contribution in [0.5, 0.6) is 0 Å². The normalized spacial score (nSPS) is 15.6. The molecule has 0 radical (unpaired) electrons. The third-order valence-electron chi connectivity index (χ3n) is 5.10. The van der Waals surface area contributed by atoms with E-state index in [2.05, 4.69) is 27.2 Å². The number of benzene rings is 2. The predicted octanol–water partition coefficient (Wildman–Crippen LogP) is 1.64. The van der Waals surface area contributed by atoms with E-state index in [1.54, 1.807) is 6.07 Å². The summed E-state index contributed by atoms with van der Waals surface area (Å²) in [5.41, 5.74) is 14.7. The Morgan fingerprint density at radius 3 is 2.22 bits per heavy atom. The Labute approximate surface area is 161 Å². The maximum absolute atomic E-state index is 11.5. The molecule has 1 aliphatic rings. The fourth-order valence-corrected chi connectivity index (χ4v) is 3.41. The number of hydrogen-bond donors (Lipinski definition) is 3. The van der Waals surface area contributed by atoms with Gasteiger partial charge in [0, 0.05) is 57.2 Å². The van der Waals surface area contributed by atoms with Crippen molar-refractivity contribution < 1.29 is 4.79 Å². The minimum Gasteiger partial charge on any atom is -0.399 e. The summed E-state index contributed by atoms with van der Waals surface area (Å²) in [6.45, 7) is 7.16. The summed E-state index contributed by atoms with van der Waals surface area (Å²) in [6, 6.07) is 15.6. The summed E-state index contributed by atoms with van der Waals surface area (Å²) in [5, 5.41) is 3.34. The zero-order valence-electron chi connectivity index (χ0n) is 15.7. The SMILES string of the molecule is NC(=O)c1ccccc1NCCN1CCN(CCc2ccc(N)cc2)CC1. The molecule has 0 unspecified atom stereocenters. The third kappa shape index (κ3) is 5.70. The minimum atomic E-state index is -0.396. The van der Waals surface area contributed by atoms with Gasteiger partial charge in [0.1, 0.15) is 0 Å². The summed E-state index contributed by atoms with van der Waals surface area (Å²) in [7, 11) is 0. The summed E-state index contributed by atoms with van der Waals surface area (Å²) in [5.74, 6) is -0.396. The van der Waals surface area contributed by atoms with Gasteiger partial charge in [-0.1, -0.05) is 24.3 Å². The van der Waals surface area contributed by atoms with E-state index in [-0.39, 0.29) is 0 Å². The summed E-state index contributed by atoms with van der Waals surface area (Å²) < 4.78 is 0. The second-order valence-electron chi connectivity index (χ2n) is 7.01. The molecule has 1 amide bonds. The quantitative estimate of drug-likeness (QED) is 0.618. The lowest BCUT2D eigenvalue weighted by Gasteiger charge is -2.34. The first-order valence-corrected chi connectivity index (χ1v) is 9.53. The van der Waals surface area contributed by atoms with E-state index in [9.17, 15) is 4.79 Å². The average molecular weight is 367 g/mol. The highest BCUT2D eigenvalue weighted by Crippen LogP contribution is 2.14. The van der Waals surface area contributed by atoms with Gasteiger partial charge in [0.15, 0.2) is 0 Å². The molecule has 1 saturated heterocycles. The molecule has 1 aliphatic heterocycles. The molecule has 0 bridgehead atoms. The zero-order valence-corrected chi connectivity index (χ0v) is 15.7. The maximum atomic E-state index is 11.5. The summed E-state index contributed by atoms with van der Waals surface area (Å²) in [4.78, 5) is 16.4. The number of carbonyl (C=O) groups excluding carboxylic acids is 1. The van der Waals surface area contributed by atoms with Gasteiger partial charge in [-0.15, -0.1) is 0 Å². The van der Waals surface area contributed by atoms with Crippen LogP contribution in [0.15, 0.2) is 48.5 Å². The zero-order chi connectivity index (χ0) is 19.1. The number of nitrogens with one attached hydrogen (secondary N) is 1. The summed E-state index contributed by atoms with van der Waals surface area (Å²) in [6.07, 6.45) is 1.06. The summed E-state index contributed by atoms with van der Waals surface area (Å²) >= 11 is 0. The van der Waals surface area contributed by atoms with Gasteiger partial charge in [0.05, 0.1) is 5.56 Å². The van der Waals surface area contributed by atoms with E-state index >= 15 is 0 Å². The number of anilines is 2. The van der Waals surface area contributed by atoms with Crippen molar-refractivity contribution in [2.45, 2.75) is 6.42 Å². The van der Waals surface area contributed by atoms with Crippen molar-refractivity contribution in [1.82, 2.24) is 9.80 Å². The van der Waals surface area contributed by atoms with E-state index in [0.717, 1.165) is 63.6 Å². The van der Waals surface area contributed by atoms with Crippen LogP contribution in [0.2, 0.25) is 0 Å². The highest BCUT2D eigenvalue weighted by molar-refractivity contribution is 5.98. The number of carbonyl (C=O) groups is 1. The van der Waals surface area contributed by atoms with Crippen molar-refractivity contribution in [2.24, 2.45) is 5.73 Å². The first-order chi connectivity index (χ1) is 13.1. The molecule has 144 valence electrons. The number of amides is 1. The predicted molar refractivity (Wildman–Crippen MR) is 111 cm³/mol. The molecule has 0 aliphatic carbocycles. The fraction of sp³-hybridized carbons (Fsp3) is 0.381. The van der Waals surface area contributed by atoms with Crippen LogP contribution in [0, 0.1) is 0 Å². The lowest BCUT2D eigenvalue weighted by atomic mass is 10.1. The molecule has 6 heteroatoms. The molecular formula is C21H29N5O. The van der Waals surface area contributed by atoms with Crippen LogP contribution in [-0.4, -0.2) is 61.5 Å². The molecule has 6 nitrogen and oxygen atoms in total. The third-order valence-corrected chi connectivity index (χ3v) is 5.10. The molecule has 5 N–H and O–H groups in total. The highest BCUT2D eigenvalue weighted by atomic mass is 16.1. The molecular weight excluding hydrogens is 338 g/mol. The van der Waals surface area contributed by atoms with Gasteiger partial charge < -0.3 is 21.7 Å². The Morgan fingerprint density at radius 2 is 1.56 bits per heavy atom. The molecule has 2 aromatic carbocycles. The number of piperazine rings is 1. The van der Waals surface area contributed by atoms with Gasteiger partial charge in [-0.3, -0.25) is 9.69 Å². The first kappa shape index (κ1) is 19.2. The van der Waals surface area contributed by atoms with Crippen molar-refractivity contribution in [3.05, 3.63) is 59.7 Å². The van der Waals surface area contributed by atoms with E-state index in [1.165, 1.54) is 5.56 Å². The number of para-hydroxylation sites is 1. The largest absolute Gasteiger partial charge is 0.399 e. The Morgan fingerprint density at radius 1 is 0.926 bits per heavy atom.